The molecule has 0 aliphatic heterocycles. The lowest BCUT2D eigenvalue weighted by atomic mass is 10.1. The molecule has 158 valence electrons. The Morgan fingerprint density at radius 2 is 1.54 bits per heavy atom. The topological polar surface area (TPSA) is 110 Å². The quantitative estimate of drug-likeness (QED) is 0.207. The van der Waals surface area contributed by atoms with Crippen LogP contribution in [0.1, 0.15) is 71.1 Å². The number of carbonyl (C=O) groups excluding carboxylic acids is 2. The third-order valence-corrected chi connectivity index (χ3v) is 5.11. The van der Waals surface area contributed by atoms with E-state index in [1.165, 1.54) is 37.8 Å². The molecule has 0 fully saturated rings. The van der Waals surface area contributed by atoms with Gasteiger partial charge in [0.25, 0.3) is 10.1 Å². The van der Waals surface area contributed by atoms with Gasteiger partial charge in [0.2, 0.25) is 5.91 Å². The lowest BCUT2D eigenvalue weighted by molar-refractivity contribution is -0.134. The van der Waals surface area contributed by atoms with Gasteiger partial charge < -0.3 is 10.1 Å². The molecular weight excluding hydrogens is 382 g/mol. The van der Waals surface area contributed by atoms with Gasteiger partial charge in [-0.15, -0.1) is 0 Å². The summed E-state index contributed by atoms with van der Waals surface area (Å²) in [6.07, 6.45) is 8.90. The zero-order chi connectivity index (χ0) is 20.8. The Hall–Kier alpha value is -1.93. The minimum Gasteiger partial charge on any atom is -0.427 e. The molecule has 0 heterocycles. The fourth-order valence-corrected chi connectivity index (χ4v) is 3.12. The van der Waals surface area contributed by atoms with Crippen LogP contribution < -0.4 is 10.1 Å². The Balaban J connectivity index is 2.09. The molecule has 2 N–H and O–H groups in total. The number of rotatable bonds is 14. The first-order valence-electron chi connectivity index (χ1n) is 9.88. The van der Waals surface area contributed by atoms with E-state index in [-0.39, 0.29) is 23.0 Å². The van der Waals surface area contributed by atoms with Crippen LogP contribution in [0.25, 0.3) is 0 Å². The van der Waals surface area contributed by atoms with Crippen molar-refractivity contribution in [3.8, 4) is 5.75 Å². The van der Waals surface area contributed by atoms with Crippen LogP contribution in [0.3, 0.4) is 0 Å². The number of nitrogens with one attached hydrogen (secondary N) is 1. The largest absolute Gasteiger partial charge is 0.427 e. The van der Waals surface area contributed by atoms with Crippen LogP contribution in [0, 0.1) is 0 Å². The second-order valence-corrected chi connectivity index (χ2v) is 8.17. The summed E-state index contributed by atoms with van der Waals surface area (Å²) in [7, 11) is -4.26. The molecule has 0 radical (unpaired) electrons. The zero-order valence-corrected chi connectivity index (χ0v) is 17.3. The molecule has 0 atom stereocenters. The molecule has 0 spiro atoms. The highest BCUT2D eigenvalue weighted by Gasteiger charge is 2.10. The number of amides is 1. The molecule has 0 aromatic heterocycles. The highest BCUT2D eigenvalue weighted by Crippen LogP contribution is 2.16. The molecule has 1 rings (SSSR count). The SMILES string of the molecule is CCCCCCCCC(=O)NCCCCC(=O)Oc1ccc(S(=O)(=O)O)cc1. The van der Waals surface area contributed by atoms with Gasteiger partial charge in [0.15, 0.2) is 0 Å². The molecule has 0 unspecified atom stereocenters. The predicted octanol–water partition coefficient (Wildman–Crippen LogP) is 3.88. The third-order valence-electron chi connectivity index (χ3n) is 4.24. The fraction of sp³-hybridized carbons (Fsp3) is 0.600. The van der Waals surface area contributed by atoms with Crippen molar-refractivity contribution in [1.29, 1.82) is 0 Å². The van der Waals surface area contributed by atoms with Gasteiger partial charge in [-0.2, -0.15) is 8.42 Å². The highest BCUT2D eigenvalue weighted by molar-refractivity contribution is 7.85. The van der Waals surface area contributed by atoms with E-state index in [0.29, 0.717) is 25.8 Å². The molecule has 1 aromatic rings. The number of esters is 1. The molecule has 0 saturated heterocycles. The standard InChI is InChI=1S/C20H31NO6S/c1-2-3-4-5-6-7-10-19(22)21-16-9-8-11-20(23)27-17-12-14-18(15-13-17)28(24,25)26/h12-15H,2-11,16H2,1H3,(H,21,22)(H,24,25,26). The molecular formula is C20H31NO6S. The summed E-state index contributed by atoms with van der Waals surface area (Å²) in [5, 5.41) is 2.86. The minimum atomic E-state index is -4.26. The maximum Gasteiger partial charge on any atom is 0.311 e. The summed E-state index contributed by atoms with van der Waals surface area (Å²) in [6, 6.07) is 4.95. The van der Waals surface area contributed by atoms with Crippen LogP contribution in [-0.4, -0.2) is 31.4 Å². The molecule has 0 saturated carbocycles. The van der Waals surface area contributed by atoms with E-state index in [1.54, 1.807) is 0 Å². The van der Waals surface area contributed by atoms with Crippen molar-refractivity contribution >= 4 is 22.0 Å². The molecule has 28 heavy (non-hydrogen) atoms. The van der Waals surface area contributed by atoms with E-state index < -0.39 is 16.1 Å². The first-order valence-corrected chi connectivity index (χ1v) is 11.3. The molecule has 0 aliphatic carbocycles. The van der Waals surface area contributed by atoms with Crippen LogP contribution in [-0.2, 0) is 19.7 Å². The lowest BCUT2D eigenvalue weighted by Gasteiger charge is -2.06. The summed E-state index contributed by atoms with van der Waals surface area (Å²) in [4.78, 5) is 23.2. The predicted molar refractivity (Wildman–Crippen MR) is 107 cm³/mol. The Kier molecular flexibility index (Phi) is 11.4. The summed E-state index contributed by atoms with van der Waals surface area (Å²) in [5.74, 6) is -0.167. The van der Waals surface area contributed by atoms with E-state index in [9.17, 15) is 18.0 Å². The maximum absolute atomic E-state index is 11.8. The van der Waals surface area contributed by atoms with Gasteiger partial charge in [-0.3, -0.25) is 14.1 Å². The van der Waals surface area contributed by atoms with Gasteiger partial charge in [-0.05, 0) is 43.5 Å². The Labute approximate surface area is 167 Å². The first kappa shape index (κ1) is 24.1. The monoisotopic (exact) mass is 413 g/mol. The van der Waals surface area contributed by atoms with Crippen LogP contribution in [0.4, 0.5) is 0 Å². The van der Waals surface area contributed by atoms with Crippen LogP contribution in [0.5, 0.6) is 5.75 Å². The van der Waals surface area contributed by atoms with Crippen molar-refractivity contribution in [1.82, 2.24) is 5.32 Å². The molecule has 8 heteroatoms. The van der Waals surface area contributed by atoms with Gasteiger partial charge in [0, 0.05) is 19.4 Å². The van der Waals surface area contributed by atoms with Crippen molar-refractivity contribution in [3.05, 3.63) is 24.3 Å². The highest BCUT2D eigenvalue weighted by atomic mass is 32.2. The second kappa shape index (κ2) is 13.3. The van der Waals surface area contributed by atoms with Gasteiger partial charge >= 0.3 is 5.97 Å². The van der Waals surface area contributed by atoms with Crippen molar-refractivity contribution in [2.45, 2.75) is 76.0 Å². The van der Waals surface area contributed by atoms with E-state index in [1.807, 2.05) is 0 Å². The van der Waals surface area contributed by atoms with E-state index in [4.69, 9.17) is 9.29 Å². The molecule has 7 nitrogen and oxygen atoms in total. The number of ether oxygens (including phenoxy) is 1. The summed E-state index contributed by atoms with van der Waals surface area (Å²) < 4.78 is 35.9. The van der Waals surface area contributed by atoms with E-state index in [0.717, 1.165) is 25.0 Å². The van der Waals surface area contributed by atoms with E-state index in [2.05, 4.69) is 12.2 Å². The Bertz CT molecular complexity index is 700. The molecule has 0 bridgehead atoms. The minimum absolute atomic E-state index is 0.0528. The summed E-state index contributed by atoms with van der Waals surface area (Å²) >= 11 is 0. The summed E-state index contributed by atoms with van der Waals surface area (Å²) in [5.41, 5.74) is 0. The molecule has 0 aliphatic rings. The van der Waals surface area contributed by atoms with Crippen molar-refractivity contribution in [2.24, 2.45) is 0 Å². The zero-order valence-electron chi connectivity index (χ0n) is 16.5. The van der Waals surface area contributed by atoms with Gasteiger partial charge in [-0.25, -0.2) is 0 Å². The molecule has 1 aromatic carbocycles. The van der Waals surface area contributed by atoms with Gasteiger partial charge in [0.05, 0.1) is 4.90 Å². The fourth-order valence-electron chi connectivity index (χ4n) is 2.64. The number of unbranched alkanes of at least 4 members (excludes halogenated alkanes) is 6. The van der Waals surface area contributed by atoms with Crippen molar-refractivity contribution < 1.29 is 27.3 Å². The first-order chi connectivity index (χ1) is 13.3. The normalized spacial score (nSPS) is 11.2. The van der Waals surface area contributed by atoms with Crippen LogP contribution in [0.15, 0.2) is 29.2 Å². The third kappa shape index (κ3) is 11.0. The van der Waals surface area contributed by atoms with Crippen LogP contribution in [0.2, 0.25) is 0 Å². The average molecular weight is 414 g/mol. The maximum atomic E-state index is 11.8. The lowest BCUT2D eigenvalue weighted by Crippen LogP contribution is -2.24. The Morgan fingerprint density at radius 3 is 2.18 bits per heavy atom. The van der Waals surface area contributed by atoms with Crippen molar-refractivity contribution in [2.75, 3.05) is 6.54 Å². The van der Waals surface area contributed by atoms with Crippen molar-refractivity contribution in [3.63, 3.8) is 0 Å². The van der Waals surface area contributed by atoms with Gasteiger partial charge in [-0.1, -0.05) is 39.0 Å². The smallest absolute Gasteiger partial charge is 0.311 e. The second-order valence-electron chi connectivity index (χ2n) is 6.75. The average Bonchev–Trinajstić information content (AvgIpc) is 2.64. The number of benzene rings is 1. The van der Waals surface area contributed by atoms with Crippen LogP contribution >= 0.6 is 0 Å². The van der Waals surface area contributed by atoms with E-state index >= 15 is 0 Å². The number of hydrogen-bond acceptors (Lipinski definition) is 5. The number of carbonyl (C=O) groups is 2. The van der Waals surface area contributed by atoms with Gasteiger partial charge in [0.1, 0.15) is 5.75 Å². The summed E-state index contributed by atoms with van der Waals surface area (Å²) in [6.45, 7) is 2.71. The number of hydrogen-bond donors (Lipinski definition) is 2. The molecule has 1 amide bonds. The Morgan fingerprint density at radius 1 is 0.929 bits per heavy atom.